The molecule has 0 aromatic heterocycles. The molecular formula is C7H12N2O. The van der Waals surface area contributed by atoms with Gasteiger partial charge in [-0.05, 0) is 13.8 Å². The van der Waals surface area contributed by atoms with E-state index in [1.807, 2.05) is 13.8 Å². The average molecular weight is 140 g/mol. The molecule has 1 heterocycles. The van der Waals surface area contributed by atoms with Crippen LogP contribution in [0.3, 0.4) is 0 Å². The Hall–Kier alpha value is -0.830. The molecule has 0 aromatic carbocycles. The Bertz CT molecular complexity index is 192. The van der Waals surface area contributed by atoms with Crippen LogP contribution in [0.15, 0.2) is 11.1 Å². The molecule has 56 valence electrons. The Balaban J connectivity index is 2.83. The Morgan fingerprint density at radius 2 is 2.30 bits per heavy atom. The van der Waals surface area contributed by atoms with Gasteiger partial charge in [-0.1, -0.05) is 5.57 Å². The molecular weight excluding hydrogens is 128 g/mol. The summed E-state index contributed by atoms with van der Waals surface area (Å²) in [5, 5.41) is 2.63. The van der Waals surface area contributed by atoms with Crippen molar-refractivity contribution in [1.29, 1.82) is 0 Å². The topological polar surface area (TPSA) is 55.1 Å². The lowest BCUT2D eigenvalue weighted by Crippen LogP contribution is -2.32. The van der Waals surface area contributed by atoms with Crippen LogP contribution in [-0.4, -0.2) is 12.1 Å². The van der Waals surface area contributed by atoms with E-state index >= 15 is 0 Å². The molecule has 1 unspecified atom stereocenters. The van der Waals surface area contributed by atoms with Crippen molar-refractivity contribution in [2.45, 2.75) is 26.4 Å². The van der Waals surface area contributed by atoms with E-state index in [2.05, 4.69) is 5.32 Å². The van der Waals surface area contributed by atoms with Crippen molar-refractivity contribution >= 4 is 5.91 Å². The lowest BCUT2D eigenvalue weighted by molar-refractivity contribution is -0.116. The summed E-state index contributed by atoms with van der Waals surface area (Å²) in [7, 11) is 0. The van der Waals surface area contributed by atoms with E-state index < -0.39 is 0 Å². The van der Waals surface area contributed by atoms with Crippen LogP contribution in [0, 0.1) is 0 Å². The Kier molecular flexibility index (Phi) is 1.76. The summed E-state index contributed by atoms with van der Waals surface area (Å²) in [4.78, 5) is 11.0. The van der Waals surface area contributed by atoms with E-state index in [-0.39, 0.29) is 12.1 Å². The monoisotopic (exact) mass is 140 g/mol. The maximum absolute atomic E-state index is 11.0. The fourth-order valence-electron chi connectivity index (χ4n) is 1.05. The van der Waals surface area contributed by atoms with Crippen molar-refractivity contribution in [3.63, 3.8) is 0 Å². The van der Waals surface area contributed by atoms with Crippen LogP contribution in [-0.2, 0) is 4.79 Å². The van der Waals surface area contributed by atoms with Crippen molar-refractivity contribution in [2.75, 3.05) is 0 Å². The highest BCUT2D eigenvalue weighted by atomic mass is 16.2. The molecule has 0 radical (unpaired) electrons. The van der Waals surface area contributed by atoms with Crippen molar-refractivity contribution in [3.05, 3.63) is 11.1 Å². The standard InChI is InChI=1S/C7H12N2O/c1-4(2)5-3-6(8)9-7(5)10/h6H,3,8H2,1-2H3,(H,9,10). The van der Waals surface area contributed by atoms with Gasteiger partial charge in [0.05, 0.1) is 6.17 Å². The van der Waals surface area contributed by atoms with E-state index in [1.54, 1.807) is 0 Å². The maximum atomic E-state index is 11.0. The summed E-state index contributed by atoms with van der Waals surface area (Å²) in [6, 6.07) is 0. The maximum Gasteiger partial charge on any atom is 0.248 e. The molecule has 1 aliphatic rings. The summed E-state index contributed by atoms with van der Waals surface area (Å²) < 4.78 is 0. The zero-order valence-electron chi connectivity index (χ0n) is 6.27. The van der Waals surface area contributed by atoms with Crippen LogP contribution in [0.1, 0.15) is 20.3 Å². The van der Waals surface area contributed by atoms with Gasteiger partial charge in [0.25, 0.3) is 0 Å². The zero-order chi connectivity index (χ0) is 7.72. The van der Waals surface area contributed by atoms with E-state index in [4.69, 9.17) is 5.73 Å². The lowest BCUT2D eigenvalue weighted by Gasteiger charge is -1.96. The molecule has 3 nitrogen and oxygen atoms in total. The first kappa shape index (κ1) is 7.28. The molecule has 0 bridgehead atoms. The molecule has 0 aliphatic carbocycles. The summed E-state index contributed by atoms with van der Waals surface area (Å²) in [6.45, 7) is 3.85. The minimum Gasteiger partial charge on any atom is -0.337 e. The smallest absolute Gasteiger partial charge is 0.248 e. The third kappa shape index (κ3) is 1.19. The van der Waals surface area contributed by atoms with Crippen LogP contribution in [0.4, 0.5) is 0 Å². The Morgan fingerprint density at radius 1 is 1.70 bits per heavy atom. The molecule has 10 heavy (non-hydrogen) atoms. The van der Waals surface area contributed by atoms with Gasteiger partial charge in [0, 0.05) is 12.0 Å². The van der Waals surface area contributed by atoms with Crippen LogP contribution in [0.2, 0.25) is 0 Å². The highest BCUT2D eigenvalue weighted by molar-refractivity contribution is 5.96. The highest BCUT2D eigenvalue weighted by Crippen LogP contribution is 2.14. The van der Waals surface area contributed by atoms with E-state index in [9.17, 15) is 4.79 Å². The summed E-state index contributed by atoms with van der Waals surface area (Å²) >= 11 is 0. The molecule has 1 fully saturated rings. The third-order valence-corrected chi connectivity index (χ3v) is 1.62. The second kappa shape index (κ2) is 2.42. The number of nitrogens with one attached hydrogen (secondary N) is 1. The van der Waals surface area contributed by atoms with E-state index in [0.717, 1.165) is 11.1 Å². The molecule has 1 atom stereocenters. The second-order valence-electron chi connectivity index (χ2n) is 2.76. The minimum atomic E-state index is -0.169. The zero-order valence-corrected chi connectivity index (χ0v) is 6.27. The molecule has 0 spiro atoms. The summed E-state index contributed by atoms with van der Waals surface area (Å²) in [5.74, 6) is -0.00694. The predicted molar refractivity (Wildman–Crippen MR) is 39.1 cm³/mol. The SMILES string of the molecule is CC(C)=C1CC(N)NC1=O. The van der Waals surface area contributed by atoms with Gasteiger partial charge in [0.1, 0.15) is 0 Å². The van der Waals surface area contributed by atoms with Gasteiger partial charge in [-0.2, -0.15) is 0 Å². The van der Waals surface area contributed by atoms with Crippen LogP contribution in [0.5, 0.6) is 0 Å². The van der Waals surface area contributed by atoms with Gasteiger partial charge in [0.2, 0.25) is 5.91 Å². The van der Waals surface area contributed by atoms with Crippen LogP contribution < -0.4 is 11.1 Å². The normalized spacial score (nSPS) is 24.9. The number of hydrogen-bond acceptors (Lipinski definition) is 2. The van der Waals surface area contributed by atoms with E-state index in [0.29, 0.717) is 6.42 Å². The molecule has 1 amide bonds. The summed E-state index contributed by atoms with van der Waals surface area (Å²) in [6.07, 6.45) is 0.499. The molecule has 0 saturated carbocycles. The Morgan fingerprint density at radius 3 is 2.50 bits per heavy atom. The number of hydrogen-bond donors (Lipinski definition) is 2. The molecule has 3 N–H and O–H groups in total. The van der Waals surface area contributed by atoms with Crippen molar-refractivity contribution in [3.8, 4) is 0 Å². The molecule has 1 saturated heterocycles. The number of amides is 1. The van der Waals surface area contributed by atoms with Gasteiger partial charge >= 0.3 is 0 Å². The van der Waals surface area contributed by atoms with E-state index in [1.165, 1.54) is 0 Å². The molecule has 1 rings (SSSR count). The number of allylic oxidation sites excluding steroid dienone is 1. The van der Waals surface area contributed by atoms with Crippen molar-refractivity contribution < 1.29 is 4.79 Å². The number of carbonyl (C=O) groups is 1. The summed E-state index contributed by atoms with van der Waals surface area (Å²) in [5.41, 5.74) is 7.39. The lowest BCUT2D eigenvalue weighted by atomic mass is 10.1. The van der Waals surface area contributed by atoms with Crippen LogP contribution >= 0.6 is 0 Å². The van der Waals surface area contributed by atoms with Gasteiger partial charge < -0.3 is 11.1 Å². The third-order valence-electron chi connectivity index (χ3n) is 1.62. The van der Waals surface area contributed by atoms with Crippen molar-refractivity contribution in [1.82, 2.24) is 5.32 Å². The Labute approximate surface area is 60.3 Å². The van der Waals surface area contributed by atoms with Gasteiger partial charge in [-0.15, -0.1) is 0 Å². The first-order chi connectivity index (χ1) is 4.61. The van der Waals surface area contributed by atoms with Gasteiger partial charge in [-0.25, -0.2) is 0 Å². The predicted octanol–water partition coefficient (Wildman–Crippen LogP) is 0.128. The average Bonchev–Trinajstić information content (AvgIpc) is 2.10. The second-order valence-corrected chi connectivity index (χ2v) is 2.76. The fraction of sp³-hybridized carbons (Fsp3) is 0.571. The quantitative estimate of drug-likeness (QED) is 0.470. The van der Waals surface area contributed by atoms with Gasteiger partial charge in [0.15, 0.2) is 0 Å². The number of carbonyl (C=O) groups excluding carboxylic acids is 1. The molecule has 0 aromatic rings. The fourth-order valence-corrected chi connectivity index (χ4v) is 1.05. The first-order valence-corrected chi connectivity index (χ1v) is 3.34. The molecule has 1 aliphatic heterocycles. The minimum absolute atomic E-state index is 0.00694. The van der Waals surface area contributed by atoms with Crippen molar-refractivity contribution in [2.24, 2.45) is 5.73 Å². The largest absolute Gasteiger partial charge is 0.337 e. The highest BCUT2D eigenvalue weighted by Gasteiger charge is 2.23. The first-order valence-electron chi connectivity index (χ1n) is 3.34. The number of rotatable bonds is 0. The van der Waals surface area contributed by atoms with Crippen LogP contribution in [0.25, 0.3) is 0 Å². The van der Waals surface area contributed by atoms with Gasteiger partial charge in [-0.3, -0.25) is 4.79 Å². The number of nitrogens with two attached hydrogens (primary N) is 1. The molecule has 3 heteroatoms.